The third kappa shape index (κ3) is 5.60. The van der Waals surface area contributed by atoms with Gasteiger partial charge in [0.1, 0.15) is 0 Å². The Kier molecular flexibility index (Phi) is 8.08. The molecule has 0 radical (unpaired) electrons. The molecule has 39 heavy (non-hydrogen) atoms. The number of nitrogens with zero attached hydrogens (tertiary/aromatic N) is 4. The van der Waals surface area contributed by atoms with Crippen LogP contribution in [0.2, 0.25) is 0 Å². The summed E-state index contributed by atoms with van der Waals surface area (Å²) < 4.78 is 6.34. The molecule has 0 atom stereocenters. The van der Waals surface area contributed by atoms with Crippen LogP contribution in [0, 0.1) is 5.41 Å². The molecule has 0 unspecified atom stereocenters. The predicted molar refractivity (Wildman–Crippen MR) is 157 cm³/mol. The van der Waals surface area contributed by atoms with Crippen molar-refractivity contribution in [2.75, 3.05) is 36.5 Å². The first-order chi connectivity index (χ1) is 19.0. The number of pyridine rings is 1. The lowest BCUT2D eigenvalue weighted by atomic mass is 9.76. The van der Waals surface area contributed by atoms with Crippen molar-refractivity contribution < 1.29 is 14.3 Å². The van der Waals surface area contributed by atoms with Gasteiger partial charge in [-0.1, -0.05) is 24.3 Å². The molecule has 204 valence electrons. The molecule has 4 heterocycles. The third-order valence-corrected chi connectivity index (χ3v) is 9.07. The lowest BCUT2D eigenvalue weighted by Crippen LogP contribution is -2.45. The van der Waals surface area contributed by atoms with Crippen LogP contribution in [0.4, 0.5) is 15.1 Å². The lowest BCUT2D eigenvalue weighted by molar-refractivity contribution is -0.157. The van der Waals surface area contributed by atoms with Crippen molar-refractivity contribution in [3.63, 3.8) is 0 Å². The Hall–Kier alpha value is -3.57. The van der Waals surface area contributed by atoms with E-state index in [4.69, 9.17) is 14.7 Å². The Balaban J connectivity index is 1.44. The number of carbonyl (C=O) groups excluding carboxylic acids is 2. The number of nitrogens with one attached hydrogen (secondary N) is 2. The van der Waals surface area contributed by atoms with E-state index in [0.717, 1.165) is 70.2 Å². The molecule has 0 spiro atoms. The van der Waals surface area contributed by atoms with Gasteiger partial charge in [0.25, 0.3) is 0 Å². The zero-order chi connectivity index (χ0) is 27.4. The van der Waals surface area contributed by atoms with Gasteiger partial charge in [-0.3, -0.25) is 15.1 Å². The Labute approximate surface area is 235 Å². The van der Waals surface area contributed by atoms with Gasteiger partial charge in [-0.15, -0.1) is 11.3 Å². The molecule has 1 saturated heterocycles. The highest BCUT2D eigenvalue weighted by molar-refractivity contribution is 7.22. The quantitative estimate of drug-likeness (QED) is 0.246. The number of esters is 1. The number of amides is 2. The highest BCUT2D eigenvalue weighted by Crippen LogP contribution is 2.41. The number of benzene rings is 1. The second-order valence-electron chi connectivity index (χ2n) is 9.45. The summed E-state index contributed by atoms with van der Waals surface area (Å²) in [5.41, 5.74) is 3.95. The Bertz CT molecular complexity index is 1460. The fourth-order valence-electron chi connectivity index (χ4n) is 4.90. The Morgan fingerprint density at radius 2 is 1.92 bits per heavy atom. The third-order valence-electron chi connectivity index (χ3n) is 7.15. The monoisotopic (exact) mass is 564 g/mol. The van der Waals surface area contributed by atoms with Gasteiger partial charge in [0.15, 0.2) is 10.3 Å². The maximum atomic E-state index is 12.6. The molecule has 0 bridgehead atoms. The second-order valence-corrected chi connectivity index (χ2v) is 11.3. The predicted octanol–water partition coefficient (Wildman–Crippen LogP) is 6.18. The number of urea groups is 1. The lowest BCUT2D eigenvalue weighted by Gasteiger charge is -2.39. The smallest absolute Gasteiger partial charge is 0.321 e. The molecule has 4 aromatic rings. The average Bonchev–Trinajstić information content (AvgIpc) is 3.60. The molecular formula is C28H32N6O3S2. The van der Waals surface area contributed by atoms with E-state index in [1.54, 1.807) is 17.5 Å². The summed E-state index contributed by atoms with van der Waals surface area (Å²) in [6.07, 6.45) is 4.07. The maximum absolute atomic E-state index is 12.6. The molecule has 3 aromatic heterocycles. The van der Waals surface area contributed by atoms with Crippen molar-refractivity contribution in [2.45, 2.75) is 40.0 Å². The second kappa shape index (κ2) is 11.7. The van der Waals surface area contributed by atoms with Crippen LogP contribution in [0.5, 0.6) is 0 Å². The van der Waals surface area contributed by atoms with Crippen molar-refractivity contribution in [2.24, 2.45) is 5.41 Å². The molecule has 5 rings (SSSR count). The average molecular weight is 565 g/mol. The highest BCUT2D eigenvalue weighted by Gasteiger charge is 2.41. The van der Waals surface area contributed by atoms with E-state index >= 15 is 0 Å². The van der Waals surface area contributed by atoms with E-state index in [1.165, 1.54) is 11.3 Å². The van der Waals surface area contributed by atoms with E-state index in [2.05, 4.69) is 38.9 Å². The zero-order valence-corrected chi connectivity index (χ0v) is 24.0. The maximum Gasteiger partial charge on any atom is 0.321 e. The number of rotatable bonds is 8. The largest absolute Gasteiger partial charge is 0.466 e. The molecule has 11 heteroatoms. The molecule has 1 aliphatic heterocycles. The molecule has 0 aliphatic carbocycles. The standard InChI is InChI=1S/C28H32N6O3S2/c1-4-28(24(35)37-6-3)10-13-34(14-11-28)27-32-22(17-38-27)18-15-19(20-9-7-8-12-30-20)23-21(16-18)31-26(39-23)33-25(36)29-5-2/h7-9,12,15-17H,4-6,10-11,13-14H2,1-3H3,(H2,29,31,33,36). The first-order valence-corrected chi connectivity index (χ1v) is 14.9. The van der Waals surface area contributed by atoms with E-state index in [9.17, 15) is 9.59 Å². The summed E-state index contributed by atoms with van der Waals surface area (Å²) in [6, 6.07) is 9.64. The van der Waals surface area contributed by atoms with Crippen LogP contribution in [0.25, 0.3) is 32.7 Å². The first-order valence-electron chi connectivity index (χ1n) is 13.2. The van der Waals surface area contributed by atoms with Gasteiger partial charge in [-0.2, -0.15) is 0 Å². The molecule has 2 N–H and O–H groups in total. The van der Waals surface area contributed by atoms with Gasteiger partial charge in [-0.25, -0.2) is 14.8 Å². The van der Waals surface area contributed by atoms with Crippen molar-refractivity contribution in [3.8, 4) is 22.5 Å². The SMILES string of the molecule is CCNC(=O)Nc1nc2cc(-c3csc(N4CCC(CC)(C(=O)OCC)CC4)n3)cc(-c3ccccn3)c2s1. The fraction of sp³-hybridized carbons (Fsp3) is 0.393. The van der Waals surface area contributed by atoms with Gasteiger partial charge in [0.05, 0.1) is 33.6 Å². The summed E-state index contributed by atoms with van der Waals surface area (Å²) in [5.74, 6) is -0.0772. The minimum absolute atomic E-state index is 0.0772. The summed E-state index contributed by atoms with van der Waals surface area (Å²) in [4.78, 5) is 41.3. The van der Waals surface area contributed by atoms with Crippen molar-refractivity contribution in [1.29, 1.82) is 0 Å². The van der Waals surface area contributed by atoms with Gasteiger partial charge in [-0.05, 0) is 57.4 Å². The zero-order valence-electron chi connectivity index (χ0n) is 22.3. The van der Waals surface area contributed by atoms with Crippen molar-refractivity contribution in [1.82, 2.24) is 20.3 Å². The molecule has 1 aliphatic rings. The van der Waals surface area contributed by atoms with E-state index < -0.39 is 5.41 Å². The number of thiazole rings is 2. The number of ether oxygens (including phenoxy) is 1. The summed E-state index contributed by atoms with van der Waals surface area (Å²) >= 11 is 3.03. The van der Waals surface area contributed by atoms with E-state index in [-0.39, 0.29) is 12.0 Å². The number of anilines is 2. The Morgan fingerprint density at radius 3 is 2.62 bits per heavy atom. The fourth-order valence-corrected chi connectivity index (χ4v) is 6.75. The normalized spacial score (nSPS) is 14.8. The molecule has 1 aromatic carbocycles. The highest BCUT2D eigenvalue weighted by atomic mass is 32.1. The van der Waals surface area contributed by atoms with Crippen LogP contribution in [-0.2, 0) is 9.53 Å². The van der Waals surface area contributed by atoms with Gasteiger partial charge >= 0.3 is 12.0 Å². The van der Waals surface area contributed by atoms with Crippen LogP contribution in [0.15, 0.2) is 41.9 Å². The molecule has 9 nitrogen and oxygen atoms in total. The number of fused-ring (bicyclic) bond motifs is 1. The topological polar surface area (TPSA) is 109 Å². The number of piperidine rings is 1. The summed E-state index contributed by atoms with van der Waals surface area (Å²) in [5, 5.41) is 9.10. The molecule has 1 fully saturated rings. The molecule has 0 saturated carbocycles. The van der Waals surface area contributed by atoms with E-state index in [1.807, 2.05) is 38.1 Å². The Morgan fingerprint density at radius 1 is 1.10 bits per heavy atom. The summed E-state index contributed by atoms with van der Waals surface area (Å²) in [7, 11) is 0. The van der Waals surface area contributed by atoms with Crippen LogP contribution in [0.1, 0.15) is 40.0 Å². The molecule has 2 amide bonds. The summed E-state index contributed by atoms with van der Waals surface area (Å²) in [6.45, 7) is 8.27. The first kappa shape index (κ1) is 27.0. The number of hydrogen-bond donors (Lipinski definition) is 2. The molecular weight excluding hydrogens is 532 g/mol. The van der Waals surface area contributed by atoms with Crippen molar-refractivity contribution in [3.05, 3.63) is 41.9 Å². The van der Waals surface area contributed by atoms with Gasteiger partial charge < -0.3 is 15.0 Å². The number of aromatic nitrogens is 3. The van der Waals surface area contributed by atoms with Crippen LogP contribution >= 0.6 is 22.7 Å². The minimum atomic E-state index is -0.403. The van der Waals surface area contributed by atoms with Crippen LogP contribution < -0.4 is 15.5 Å². The number of hydrogen-bond acceptors (Lipinski definition) is 9. The van der Waals surface area contributed by atoms with Crippen LogP contribution in [0.3, 0.4) is 0 Å². The number of carbonyl (C=O) groups is 2. The van der Waals surface area contributed by atoms with Crippen LogP contribution in [-0.4, -0.2) is 53.2 Å². The van der Waals surface area contributed by atoms with E-state index in [0.29, 0.717) is 18.3 Å². The van der Waals surface area contributed by atoms with Crippen molar-refractivity contribution >= 4 is 55.2 Å². The van der Waals surface area contributed by atoms with Gasteiger partial charge in [0.2, 0.25) is 0 Å². The van der Waals surface area contributed by atoms with Gasteiger partial charge in [0, 0.05) is 42.3 Å². The minimum Gasteiger partial charge on any atom is -0.466 e.